The van der Waals surface area contributed by atoms with Gasteiger partial charge in [-0.1, -0.05) is 18.2 Å². The second kappa shape index (κ2) is 8.48. The summed E-state index contributed by atoms with van der Waals surface area (Å²) in [6.07, 6.45) is 0. The number of guanidine groups is 1. The van der Waals surface area contributed by atoms with Crippen LogP contribution in [0.2, 0.25) is 0 Å². The number of nitrogens with one attached hydrogen (secondary N) is 3. The quantitative estimate of drug-likeness (QED) is 0.540. The molecular weight excluding hydrogens is 324 g/mol. The zero-order valence-electron chi connectivity index (χ0n) is 15.5. The SMILES string of the molecule is CCNC(=NCc1ccccc1S(=O)(=O)NC(C)(C)C)NC(C)C. The van der Waals surface area contributed by atoms with E-state index in [2.05, 4.69) is 20.3 Å². The Balaban J connectivity index is 3.10. The number of sulfonamides is 1. The molecule has 0 saturated heterocycles. The lowest BCUT2D eigenvalue weighted by atomic mass is 10.1. The van der Waals surface area contributed by atoms with Gasteiger partial charge in [0.05, 0.1) is 11.4 Å². The van der Waals surface area contributed by atoms with Crippen molar-refractivity contribution in [3.63, 3.8) is 0 Å². The lowest BCUT2D eigenvalue weighted by molar-refractivity contribution is 0.491. The highest BCUT2D eigenvalue weighted by atomic mass is 32.2. The molecule has 0 amide bonds. The largest absolute Gasteiger partial charge is 0.357 e. The smallest absolute Gasteiger partial charge is 0.241 e. The highest BCUT2D eigenvalue weighted by molar-refractivity contribution is 7.89. The molecule has 0 aliphatic rings. The van der Waals surface area contributed by atoms with E-state index in [0.717, 1.165) is 6.54 Å². The number of benzene rings is 1. The molecule has 0 saturated carbocycles. The van der Waals surface area contributed by atoms with Crippen LogP contribution in [0.25, 0.3) is 0 Å². The van der Waals surface area contributed by atoms with Gasteiger partial charge in [-0.2, -0.15) is 0 Å². The van der Waals surface area contributed by atoms with Gasteiger partial charge in [-0.25, -0.2) is 18.1 Å². The van der Waals surface area contributed by atoms with Gasteiger partial charge < -0.3 is 10.6 Å². The lowest BCUT2D eigenvalue weighted by Gasteiger charge is -2.21. The van der Waals surface area contributed by atoms with Crippen molar-refractivity contribution < 1.29 is 8.42 Å². The van der Waals surface area contributed by atoms with E-state index in [9.17, 15) is 8.42 Å². The zero-order chi connectivity index (χ0) is 18.4. The minimum Gasteiger partial charge on any atom is -0.357 e. The Morgan fingerprint density at radius 2 is 1.83 bits per heavy atom. The summed E-state index contributed by atoms with van der Waals surface area (Å²) in [5.41, 5.74) is 0.124. The average Bonchev–Trinajstić information content (AvgIpc) is 2.42. The van der Waals surface area contributed by atoms with E-state index in [0.29, 0.717) is 11.5 Å². The predicted molar refractivity (Wildman–Crippen MR) is 99.6 cm³/mol. The maximum Gasteiger partial charge on any atom is 0.241 e. The molecule has 6 nitrogen and oxygen atoms in total. The fourth-order valence-electron chi connectivity index (χ4n) is 2.11. The lowest BCUT2D eigenvalue weighted by Crippen LogP contribution is -2.41. The van der Waals surface area contributed by atoms with Crippen LogP contribution in [-0.4, -0.2) is 32.5 Å². The Kier molecular flexibility index (Phi) is 7.23. The van der Waals surface area contributed by atoms with Crippen molar-refractivity contribution in [3.05, 3.63) is 29.8 Å². The molecule has 7 heteroatoms. The van der Waals surface area contributed by atoms with Crippen LogP contribution < -0.4 is 15.4 Å². The predicted octanol–water partition coefficient (Wildman–Crippen LogP) is 2.23. The summed E-state index contributed by atoms with van der Waals surface area (Å²) in [6.45, 7) is 12.5. The Hall–Kier alpha value is -1.60. The van der Waals surface area contributed by atoms with Crippen LogP contribution in [0.5, 0.6) is 0 Å². The van der Waals surface area contributed by atoms with Gasteiger partial charge >= 0.3 is 0 Å². The molecule has 136 valence electrons. The van der Waals surface area contributed by atoms with Crippen LogP contribution in [0.3, 0.4) is 0 Å². The average molecular weight is 355 g/mol. The van der Waals surface area contributed by atoms with Crippen LogP contribution >= 0.6 is 0 Å². The molecule has 1 aromatic rings. The summed E-state index contributed by atoms with van der Waals surface area (Å²) in [4.78, 5) is 4.76. The molecule has 0 radical (unpaired) electrons. The minimum absolute atomic E-state index is 0.240. The molecule has 0 aliphatic carbocycles. The monoisotopic (exact) mass is 354 g/mol. The van der Waals surface area contributed by atoms with Crippen molar-refractivity contribution in [2.24, 2.45) is 4.99 Å². The highest BCUT2D eigenvalue weighted by Gasteiger charge is 2.24. The number of aliphatic imine (C=N–C) groups is 1. The van der Waals surface area contributed by atoms with Gasteiger partial charge in [-0.15, -0.1) is 0 Å². The van der Waals surface area contributed by atoms with E-state index in [1.807, 2.05) is 47.6 Å². The van der Waals surface area contributed by atoms with E-state index in [1.54, 1.807) is 18.2 Å². The molecule has 0 spiro atoms. The first-order valence-corrected chi connectivity index (χ1v) is 9.70. The Morgan fingerprint density at radius 3 is 2.38 bits per heavy atom. The summed E-state index contributed by atoms with van der Waals surface area (Å²) in [7, 11) is -3.59. The second-order valence-corrected chi connectivity index (χ2v) is 8.61. The Bertz CT molecular complexity index is 661. The van der Waals surface area contributed by atoms with Crippen LogP contribution in [0.1, 0.15) is 47.1 Å². The zero-order valence-corrected chi connectivity index (χ0v) is 16.3. The van der Waals surface area contributed by atoms with E-state index >= 15 is 0 Å². The van der Waals surface area contributed by atoms with Crippen molar-refractivity contribution >= 4 is 16.0 Å². The van der Waals surface area contributed by atoms with Crippen LogP contribution in [0.15, 0.2) is 34.2 Å². The molecule has 0 bridgehead atoms. The third-order valence-electron chi connectivity index (χ3n) is 2.88. The van der Waals surface area contributed by atoms with Gasteiger partial charge in [0, 0.05) is 18.1 Å². The molecule has 1 aromatic carbocycles. The summed E-state index contributed by atoms with van der Waals surface area (Å²) in [5, 5.41) is 6.38. The Labute approximate surface area is 146 Å². The minimum atomic E-state index is -3.59. The molecule has 3 N–H and O–H groups in total. The Morgan fingerprint density at radius 1 is 1.21 bits per heavy atom. The highest BCUT2D eigenvalue weighted by Crippen LogP contribution is 2.18. The number of nitrogens with zero attached hydrogens (tertiary/aromatic N) is 1. The molecule has 0 fully saturated rings. The molecule has 1 rings (SSSR count). The summed E-state index contributed by atoms with van der Waals surface area (Å²) >= 11 is 0. The first kappa shape index (κ1) is 20.4. The molecule has 0 unspecified atom stereocenters. The van der Waals surface area contributed by atoms with Crippen molar-refractivity contribution in [2.45, 2.75) is 64.6 Å². The van der Waals surface area contributed by atoms with Crippen molar-refractivity contribution in [1.82, 2.24) is 15.4 Å². The van der Waals surface area contributed by atoms with Crippen molar-refractivity contribution in [1.29, 1.82) is 0 Å². The van der Waals surface area contributed by atoms with Gasteiger partial charge in [0.2, 0.25) is 10.0 Å². The third-order valence-corrected chi connectivity index (χ3v) is 4.74. The van der Waals surface area contributed by atoms with E-state index < -0.39 is 15.6 Å². The van der Waals surface area contributed by atoms with Gasteiger partial charge in [0.1, 0.15) is 0 Å². The number of hydrogen-bond donors (Lipinski definition) is 3. The summed E-state index contributed by atoms with van der Waals surface area (Å²) in [5.74, 6) is 0.670. The number of rotatable bonds is 6. The summed E-state index contributed by atoms with van der Waals surface area (Å²) < 4.78 is 27.9. The fraction of sp³-hybridized carbons (Fsp3) is 0.588. The van der Waals surface area contributed by atoms with Gasteiger partial charge in [-0.05, 0) is 53.2 Å². The van der Waals surface area contributed by atoms with Gasteiger partial charge in [-0.3, -0.25) is 0 Å². The van der Waals surface area contributed by atoms with Crippen LogP contribution in [-0.2, 0) is 16.6 Å². The van der Waals surface area contributed by atoms with Gasteiger partial charge in [0.25, 0.3) is 0 Å². The maximum atomic E-state index is 12.6. The maximum absolute atomic E-state index is 12.6. The first-order valence-electron chi connectivity index (χ1n) is 8.22. The topological polar surface area (TPSA) is 82.6 Å². The van der Waals surface area contributed by atoms with Crippen LogP contribution in [0.4, 0.5) is 0 Å². The molecule has 0 atom stereocenters. The van der Waals surface area contributed by atoms with E-state index in [-0.39, 0.29) is 17.5 Å². The van der Waals surface area contributed by atoms with Gasteiger partial charge in [0.15, 0.2) is 5.96 Å². The van der Waals surface area contributed by atoms with Crippen LogP contribution in [0, 0.1) is 0 Å². The normalized spacial score (nSPS) is 13.2. The molecule has 0 aliphatic heterocycles. The molecule has 24 heavy (non-hydrogen) atoms. The number of hydrogen-bond acceptors (Lipinski definition) is 3. The first-order chi connectivity index (χ1) is 11.0. The van der Waals surface area contributed by atoms with Crippen molar-refractivity contribution in [2.75, 3.05) is 6.54 Å². The molecular formula is C17H30N4O2S. The molecule has 0 aromatic heterocycles. The second-order valence-electron chi connectivity index (χ2n) is 6.96. The van der Waals surface area contributed by atoms with E-state index in [4.69, 9.17) is 0 Å². The fourth-order valence-corrected chi connectivity index (χ4v) is 3.76. The van der Waals surface area contributed by atoms with E-state index in [1.165, 1.54) is 0 Å². The standard InChI is InChI=1S/C17H30N4O2S/c1-7-18-16(20-13(2)3)19-12-14-10-8-9-11-15(14)24(22,23)21-17(4,5)6/h8-11,13,21H,7,12H2,1-6H3,(H2,18,19,20). The third kappa shape index (κ3) is 6.88. The summed E-state index contributed by atoms with van der Waals surface area (Å²) in [6, 6.07) is 7.19. The molecule has 0 heterocycles. The van der Waals surface area contributed by atoms with Crippen molar-refractivity contribution in [3.8, 4) is 0 Å².